The van der Waals surface area contributed by atoms with Gasteiger partial charge < -0.3 is 9.67 Å². The topological polar surface area (TPSA) is 85.8 Å². The number of hydrogen-bond acceptors (Lipinski definition) is 4. The van der Waals surface area contributed by atoms with E-state index in [-0.39, 0.29) is 6.42 Å². The van der Waals surface area contributed by atoms with Crippen LogP contribution in [-0.2, 0) is 17.8 Å². The van der Waals surface area contributed by atoms with E-state index < -0.39 is 5.97 Å². The van der Waals surface area contributed by atoms with E-state index in [2.05, 4.69) is 19.9 Å². The first kappa shape index (κ1) is 11.9. The van der Waals surface area contributed by atoms with Gasteiger partial charge >= 0.3 is 5.97 Å². The minimum Gasteiger partial charge on any atom is -0.481 e. The van der Waals surface area contributed by atoms with Gasteiger partial charge in [-0.25, -0.2) is 9.67 Å². The molecule has 100 valence electrons. The molecule has 0 saturated heterocycles. The second-order valence-electron chi connectivity index (χ2n) is 4.82. The van der Waals surface area contributed by atoms with Crippen molar-refractivity contribution < 1.29 is 9.90 Å². The molecular weight excluding hydrogens is 246 g/mol. The Hall–Kier alpha value is -2.18. The van der Waals surface area contributed by atoms with Crippen molar-refractivity contribution in [2.24, 2.45) is 0 Å². The third-order valence-corrected chi connectivity index (χ3v) is 3.19. The molecular formula is C12H15N5O2. The lowest BCUT2D eigenvalue weighted by Gasteiger charge is -2.05. The first-order valence-corrected chi connectivity index (χ1v) is 6.34. The number of aromatic nitrogens is 5. The van der Waals surface area contributed by atoms with Crippen molar-refractivity contribution >= 4 is 5.97 Å². The number of aliphatic carboxylic acids is 1. The minimum absolute atomic E-state index is 0.0820. The first-order chi connectivity index (χ1) is 9.22. The van der Waals surface area contributed by atoms with Crippen molar-refractivity contribution in [1.29, 1.82) is 0 Å². The van der Waals surface area contributed by atoms with Gasteiger partial charge in [-0.15, -0.1) is 5.10 Å². The van der Waals surface area contributed by atoms with Gasteiger partial charge in [0.1, 0.15) is 0 Å². The van der Waals surface area contributed by atoms with Crippen molar-refractivity contribution in [2.75, 3.05) is 0 Å². The molecule has 2 aromatic rings. The fourth-order valence-corrected chi connectivity index (χ4v) is 2.07. The molecule has 7 nitrogen and oxygen atoms in total. The molecule has 0 unspecified atom stereocenters. The fraction of sp³-hybridized carbons (Fsp3) is 0.500. The summed E-state index contributed by atoms with van der Waals surface area (Å²) in [6.07, 6.45) is 8.42. The van der Waals surface area contributed by atoms with E-state index in [9.17, 15) is 4.79 Å². The molecule has 19 heavy (non-hydrogen) atoms. The van der Waals surface area contributed by atoms with Gasteiger partial charge in [-0.1, -0.05) is 5.21 Å². The number of carboxylic acid groups (broad SMARTS) is 1. The smallest absolute Gasteiger partial charge is 0.303 e. The monoisotopic (exact) mass is 261 g/mol. The van der Waals surface area contributed by atoms with E-state index in [0.717, 1.165) is 5.69 Å². The van der Waals surface area contributed by atoms with Crippen molar-refractivity contribution in [3.63, 3.8) is 0 Å². The van der Waals surface area contributed by atoms with Crippen LogP contribution in [0.2, 0.25) is 0 Å². The number of carboxylic acids is 1. The molecule has 0 bridgehead atoms. The lowest BCUT2D eigenvalue weighted by atomic mass is 10.2. The molecule has 1 fully saturated rings. The van der Waals surface area contributed by atoms with E-state index in [1.54, 1.807) is 10.9 Å². The van der Waals surface area contributed by atoms with Gasteiger partial charge in [0, 0.05) is 18.7 Å². The van der Waals surface area contributed by atoms with Gasteiger partial charge in [0.25, 0.3) is 0 Å². The molecule has 1 aliphatic rings. The maximum atomic E-state index is 10.5. The lowest BCUT2D eigenvalue weighted by molar-refractivity contribution is -0.136. The van der Waals surface area contributed by atoms with Gasteiger partial charge in [-0.05, 0) is 12.8 Å². The lowest BCUT2D eigenvalue weighted by Crippen LogP contribution is -2.06. The maximum absolute atomic E-state index is 10.5. The number of aryl methyl sites for hydroxylation is 1. The highest BCUT2D eigenvalue weighted by atomic mass is 16.4. The highest BCUT2D eigenvalue weighted by Crippen LogP contribution is 2.35. The molecule has 1 aliphatic carbocycles. The van der Waals surface area contributed by atoms with Crippen LogP contribution in [-0.4, -0.2) is 35.6 Å². The van der Waals surface area contributed by atoms with Crippen LogP contribution in [0, 0.1) is 0 Å². The van der Waals surface area contributed by atoms with Crippen LogP contribution < -0.4 is 0 Å². The van der Waals surface area contributed by atoms with Crippen LogP contribution in [0.5, 0.6) is 0 Å². The molecule has 2 aromatic heterocycles. The summed E-state index contributed by atoms with van der Waals surface area (Å²) in [5.41, 5.74) is 1.82. The predicted octanol–water partition coefficient (Wildman–Crippen LogP) is 0.875. The second kappa shape index (κ2) is 4.83. The summed E-state index contributed by atoms with van der Waals surface area (Å²) < 4.78 is 3.91. The molecule has 3 rings (SSSR count). The largest absolute Gasteiger partial charge is 0.481 e. The SMILES string of the molecule is O=C(O)CCc1cn(Cc2cncn2C2CC2)nn1. The quantitative estimate of drug-likeness (QED) is 0.834. The van der Waals surface area contributed by atoms with Crippen LogP contribution in [0.1, 0.15) is 36.7 Å². The predicted molar refractivity (Wildman–Crippen MR) is 65.6 cm³/mol. The van der Waals surface area contributed by atoms with Crippen LogP contribution in [0.3, 0.4) is 0 Å². The number of imidazole rings is 1. The number of rotatable bonds is 6. The maximum Gasteiger partial charge on any atom is 0.303 e. The highest BCUT2D eigenvalue weighted by Gasteiger charge is 2.25. The molecule has 0 aromatic carbocycles. The molecule has 0 spiro atoms. The Kier molecular flexibility index (Phi) is 3.02. The number of nitrogens with zero attached hydrogens (tertiary/aromatic N) is 5. The Balaban J connectivity index is 1.66. The Labute approximate surface area is 109 Å². The van der Waals surface area contributed by atoms with Gasteiger partial charge in [0.2, 0.25) is 0 Å². The Bertz CT molecular complexity index is 584. The fourth-order valence-electron chi connectivity index (χ4n) is 2.07. The Morgan fingerprint density at radius 1 is 1.47 bits per heavy atom. The summed E-state index contributed by atoms with van der Waals surface area (Å²) in [7, 11) is 0. The molecule has 7 heteroatoms. The molecule has 0 atom stereocenters. The average molecular weight is 261 g/mol. The second-order valence-corrected chi connectivity index (χ2v) is 4.82. The molecule has 1 N–H and O–H groups in total. The highest BCUT2D eigenvalue weighted by molar-refractivity contribution is 5.66. The van der Waals surface area contributed by atoms with E-state index in [4.69, 9.17) is 5.11 Å². The third-order valence-electron chi connectivity index (χ3n) is 3.19. The standard InChI is InChI=1S/C12H15N5O2/c18-12(19)4-1-9-6-16(15-14-9)7-11-5-13-8-17(11)10-2-3-10/h5-6,8,10H,1-4,7H2,(H,18,19). The Morgan fingerprint density at radius 3 is 3.05 bits per heavy atom. The van der Waals surface area contributed by atoms with Crippen LogP contribution in [0.15, 0.2) is 18.7 Å². The van der Waals surface area contributed by atoms with Crippen molar-refractivity contribution in [3.05, 3.63) is 30.1 Å². The van der Waals surface area contributed by atoms with Crippen LogP contribution >= 0.6 is 0 Å². The summed E-state index contributed by atoms with van der Waals surface area (Å²) >= 11 is 0. The van der Waals surface area contributed by atoms with Gasteiger partial charge in [-0.2, -0.15) is 0 Å². The van der Waals surface area contributed by atoms with Gasteiger partial charge in [0.15, 0.2) is 0 Å². The average Bonchev–Trinajstić information content (AvgIpc) is 2.95. The van der Waals surface area contributed by atoms with Crippen molar-refractivity contribution in [3.8, 4) is 0 Å². The Morgan fingerprint density at radius 2 is 2.32 bits per heavy atom. The van der Waals surface area contributed by atoms with Crippen molar-refractivity contribution in [1.82, 2.24) is 24.5 Å². The van der Waals surface area contributed by atoms with E-state index in [1.807, 2.05) is 12.5 Å². The summed E-state index contributed by atoms with van der Waals surface area (Å²) in [5, 5.41) is 16.6. The summed E-state index contributed by atoms with van der Waals surface area (Å²) in [6, 6.07) is 0.590. The zero-order valence-corrected chi connectivity index (χ0v) is 10.4. The first-order valence-electron chi connectivity index (χ1n) is 6.34. The summed E-state index contributed by atoms with van der Waals surface area (Å²) in [6.45, 7) is 0.622. The van der Waals surface area contributed by atoms with Crippen LogP contribution in [0.4, 0.5) is 0 Å². The number of hydrogen-bond donors (Lipinski definition) is 1. The van der Waals surface area contributed by atoms with Crippen molar-refractivity contribution in [2.45, 2.75) is 38.3 Å². The van der Waals surface area contributed by atoms with Gasteiger partial charge in [0.05, 0.1) is 36.9 Å². The molecule has 0 amide bonds. The normalized spacial score (nSPS) is 14.7. The van der Waals surface area contributed by atoms with E-state index in [0.29, 0.717) is 24.7 Å². The van der Waals surface area contributed by atoms with E-state index >= 15 is 0 Å². The zero-order chi connectivity index (χ0) is 13.2. The summed E-state index contributed by atoms with van der Waals surface area (Å²) in [4.78, 5) is 14.7. The molecule has 1 saturated carbocycles. The minimum atomic E-state index is -0.818. The van der Waals surface area contributed by atoms with Gasteiger partial charge in [-0.3, -0.25) is 4.79 Å². The third kappa shape index (κ3) is 2.81. The molecule has 2 heterocycles. The summed E-state index contributed by atoms with van der Waals surface area (Å²) in [5.74, 6) is -0.818. The zero-order valence-electron chi connectivity index (χ0n) is 10.4. The van der Waals surface area contributed by atoms with Crippen LogP contribution in [0.25, 0.3) is 0 Å². The molecule has 0 aliphatic heterocycles. The van der Waals surface area contributed by atoms with E-state index in [1.165, 1.54) is 12.8 Å². The number of carbonyl (C=O) groups is 1. The molecule has 0 radical (unpaired) electrons.